The van der Waals surface area contributed by atoms with E-state index in [0.717, 1.165) is 18.4 Å². The fourth-order valence-electron chi connectivity index (χ4n) is 3.49. The van der Waals surface area contributed by atoms with E-state index in [1.807, 2.05) is 13.0 Å². The second kappa shape index (κ2) is 4.19. The van der Waals surface area contributed by atoms with E-state index in [1.54, 1.807) is 0 Å². The van der Waals surface area contributed by atoms with Crippen molar-refractivity contribution in [2.75, 3.05) is 0 Å². The van der Waals surface area contributed by atoms with Crippen LogP contribution in [0.3, 0.4) is 0 Å². The summed E-state index contributed by atoms with van der Waals surface area (Å²) in [4.78, 5) is 0.0446. The molecule has 0 amide bonds. The van der Waals surface area contributed by atoms with Gasteiger partial charge in [-0.15, -0.1) is 0 Å². The Kier molecular flexibility index (Phi) is 3.33. The molecule has 1 fully saturated rings. The average Bonchev–Trinajstić information content (AvgIpc) is 2.26. The van der Waals surface area contributed by atoms with Gasteiger partial charge in [0.1, 0.15) is 0 Å². The van der Waals surface area contributed by atoms with Crippen LogP contribution in [-0.4, -0.2) is 26.7 Å². The molecule has 0 aromatic heterocycles. The minimum Gasteiger partial charge on any atom is -0.392 e. The molecular formula is C15H23BrO2. The van der Waals surface area contributed by atoms with E-state index in [4.69, 9.17) is 0 Å². The zero-order valence-electron chi connectivity index (χ0n) is 11.4. The molecule has 1 spiro atoms. The van der Waals surface area contributed by atoms with E-state index >= 15 is 0 Å². The van der Waals surface area contributed by atoms with Gasteiger partial charge >= 0.3 is 0 Å². The number of alkyl halides is 1. The number of hydrogen-bond acceptors (Lipinski definition) is 2. The molecule has 0 radical (unpaired) electrons. The molecule has 2 nitrogen and oxygen atoms in total. The predicted molar refractivity (Wildman–Crippen MR) is 77.7 cm³/mol. The first kappa shape index (κ1) is 14.3. The van der Waals surface area contributed by atoms with E-state index in [9.17, 15) is 10.2 Å². The molecule has 0 aromatic carbocycles. The fourth-order valence-corrected chi connectivity index (χ4v) is 4.09. The smallest absolute Gasteiger partial charge is 0.0800 e. The van der Waals surface area contributed by atoms with Gasteiger partial charge < -0.3 is 10.2 Å². The maximum absolute atomic E-state index is 10.1. The van der Waals surface area contributed by atoms with E-state index in [2.05, 4.69) is 42.4 Å². The summed E-state index contributed by atoms with van der Waals surface area (Å²) in [6.45, 7) is 10.4. The monoisotopic (exact) mass is 314 g/mol. The van der Waals surface area contributed by atoms with Crippen LogP contribution in [0.15, 0.2) is 24.3 Å². The second-order valence-electron chi connectivity index (χ2n) is 6.66. The van der Waals surface area contributed by atoms with E-state index in [-0.39, 0.29) is 21.8 Å². The van der Waals surface area contributed by atoms with Crippen molar-refractivity contribution in [3.63, 3.8) is 0 Å². The number of allylic oxidation sites excluding steroid dienone is 1. The van der Waals surface area contributed by atoms with Crippen LogP contribution in [0.5, 0.6) is 0 Å². The van der Waals surface area contributed by atoms with Crippen molar-refractivity contribution >= 4 is 15.9 Å². The highest BCUT2D eigenvalue weighted by molar-refractivity contribution is 9.09. The van der Waals surface area contributed by atoms with Gasteiger partial charge in [0.05, 0.1) is 11.7 Å². The third kappa shape index (κ3) is 1.91. The summed E-state index contributed by atoms with van der Waals surface area (Å²) in [5.41, 5.74) is 0.138. The maximum atomic E-state index is 10.1. The maximum Gasteiger partial charge on any atom is 0.0800 e. The van der Waals surface area contributed by atoms with Gasteiger partial charge in [-0.3, -0.25) is 0 Å². The van der Waals surface area contributed by atoms with Crippen molar-refractivity contribution < 1.29 is 10.2 Å². The molecule has 2 aliphatic rings. The first-order valence-electron chi connectivity index (χ1n) is 6.56. The van der Waals surface area contributed by atoms with Crippen LogP contribution in [0.2, 0.25) is 0 Å². The minimum atomic E-state index is -0.709. The summed E-state index contributed by atoms with van der Waals surface area (Å²) >= 11 is 3.65. The predicted octanol–water partition coefficient (Wildman–Crippen LogP) is 3.18. The molecule has 1 saturated carbocycles. The Morgan fingerprint density at radius 2 is 1.89 bits per heavy atom. The van der Waals surface area contributed by atoms with Gasteiger partial charge in [-0.2, -0.15) is 0 Å². The van der Waals surface area contributed by atoms with Gasteiger partial charge in [-0.05, 0) is 31.6 Å². The normalized spacial score (nSPS) is 47.6. The first-order valence-corrected chi connectivity index (χ1v) is 7.47. The Morgan fingerprint density at radius 3 is 2.39 bits per heavy atom. The number of rotatable bonds is 0. The number of aliphatic hydroxyl groups excluding tert-OH is 1. The van der Waals surface area contributed by atoms with E-state index in [1.165, 1.54) is 0 Å². The van der Waals surface area contributed by atoms with Crippen LogP contribution in [-0.2, 0) is 0 Å². The molecular weight excluding hydrogens is 292 g/mol. The number of aliphatic hydroxyl groups is 2. The molecule has 3 heteroatoms. The van der Waals surface area contributed by atoms with Gasteiger partial charge in [-0.1, -0.05) is 54.1 Å². The molecule has 4 atom stereocenters. The lowest BCUT2D eigenvalue weighted by molar-refractivity contribution is 0.00234. The average molecular weight is 315 g/mol. The Balaban J connectivity index is 2.45. The molecule has 18 heavy (non-hydrogen) atoms. The van der Waals surface area contributed by atoms with Crippen molar-refractivity contribution in [3.05, 3.63) is 24.3 Å². The van der Waals surface area contributed by atoms with E-state index in [0.29, 0.717) is 6.42 Å². The summed E-state index contributed by atoms with van der Waals surface area (Å²) in [5.74, 6) is 0. The zero-order chi connectivity index (χ0) is 13.8. The topological polar surface area (TPSA) is 40.5 Å². The molecule has 2 rings (SSSR count). The lowest BCUT2D eigenvalue weighted by Crippen LogP contribution is -2.54. The van der Waals surface area contributed by atoms with Crippen LogP contribution in [0, 0.1) is 10.8 Å². The van der Waals surface area contributed by atoms with Crippen molar-refractivity contribution in [2.45, 2.75) is 56.6 Å². The Labute approximate surface area is 118 Å². The van der Waals surface area contributed by atoms with Gasteiger partial charge in [0.2, 0.25) is 0 Å². The van der Waals surface area contributed by atoms with Gasteiger partial charge in [0.25, 0.3) is 0 Å². The highest BCUT2D eigenvalue weighted by Gasteiger charge is 2.55. The summed E-state index contributed by atoms with van der Waals surface area (Å²) in [7, 11) is 0. The molecule has 0 aromatic rings. The fraction of sp³-hybridized carbons (Fsp3) is 0.733. The Morgan fingerprint density at radius 1 is 1.28 bits per heavy atom. The summed E-state index contributed by atoms with van der Waals surface area (Å²) in [6.07, 6.45) is 5.90. The van der Waals surface area contributed by atoms with Crippen LogP contribution < -0.4 is 0 Å². The molecule has 0 aliphatic heterocycles. The molecule has 102 valence electrons. The summed E-state index contributed by atoms with van der Waals surface area (Å²) in [6, 6.07) is 0. The molecule has 0 heterocycles. The molecule has 0 bridgehead atoms. The SMILES string of the molecule is C=C1C[C@H](O)[C@@H](Br)C(C)(C)[C@@]12C=C[C@](C)(O)CC2. The number of halogens is 1. The van der Waals surface area contributed by atoms with Gasteiger partial charge in [0, 0.05) is 10.2 Å². The van der Waals surface area contributed by atoms with Crippen molar-refractivity contribution in [1.82, 2.24) is 0 Å². The lowest BCUT2D eigenvalue weighted by Gasteiger charge is -2.56. The van der Waals surface area contributed by atoms with Crippen LogP contribution in [0.1, 0.15) is 40.0 Å². The number of hydrogen-bond donors (Lipinski definition) is 2. The molecule has 2 N–H and O–H groups in total. The van der Waals surface area contributed by atoms with Crippen LogP contribution in [0.4, 0.5) is 0 Å². The van der Waals surface area contributed by atoms with E-state index < -0.39 is 5.60 Å². The van der Waals surface area contributed by atoms with Gasteiger partial charge in [-0.25, -0.2) is 0 Å². The van der Waals surface area contributed by atoms with Crippen LogP contribution in [0.25, 0.3) is 0 Å². The second-order valence-corrected chi connectivity index (χ2v) is 7.65. The highest BCUT2D eigenvalue weighted by atomic mass is 79.9. The molecule has 2 aliphatic carbocycles. The summed E-state index contributed by atoms with van der Waals surface area (Å²) < 4.78 is 0. The standard InChI is InChI=1S/C15H23BrO2/c1-10-9-11(17)12(16)13(2,3)15(10)7-5-14(4,18)6-8-15/h5,7,11-12,17-18H,1,6,8-9H2,2-4H3/t11-,12+,14-,15+/m0/s1. The first-order chi connectivity index (χ1) is 8.12. The lowest BCUT2D eigenvalue weighted by atomic mass is 9.51. The molecule has 0 saturated heterocycles. The van der Waals surface area contributed by atoms with Crippen molar-refractivity contribution in [1.29, 1.82) is 0 Å². The van der Waals surface area contributed by atoms with Crippen LogP contribution >= 0.6 is 15.9 Å². The Bertz CT molecular complexity index is 397. The highest BCUT2D eigenvalue weighted by Crippen LogP contribution is 2.60. The van der Waals surface area contributed by atoms with Crippen molar-refractivity contribution in [2.24, 2.45) is 10.8 Å². The minimum absolute atomic E-state index is 0.0446. The molecule has 0 unspecified atom stereocenters. The largest absolute Gasteiger partial charge is 0.392 e. The summed E-state index contributed by atoms with van der Waals surface area (Å²) in [5, 5.41) is 20.2. The third-order valence-electron chi connectivity index (χ3n) is 5.02. The quantitative estimate of drug-likeness (QED) is 0.532. The third-order valence-corrected chi connectivity index (χ3v) is 6.77. The Hall–Kier alpha value is -0.120. The van der Waals surface area contributed by atoms with Crippen molar-refractivity contribution in [3.8, 4) is 0 Å². The van der Waals surface area contributed by atoms with Gasteiger partial charge in [0.15, 0.2) is 0 Å². The zero-order valence-corrected chi connectivity index (χ0v) is 13.0.